The van der Waals surface area contributed by atoms with Crippen molar-refractivity contribution < 1.29 is 9.84 Å². The van der Waals surface area contributed by atoms with Crippen LogP contribution in [-0.2, 0) is 0 Å². The number of aliphatic hydroxyl groups excluding tert-OH is 1. The van der Waals surface area contributed by atoms with E-state index in [1.165, 1.54) is 0 Å². The fourth-order valence-electron chi connectivity index (χ4n) is 1.31. The number of rotatable bonds is 4. The van der Waals surface area contributed by atoms with Crippen LogP contribution < -0.4 is 4.74 Å². The third kappa shape index (κ3) is 3.10. The molecule has 2 unspecified atom stereocenters. The number of aryl methyl sites for hydroxylation is 1. The van der Waals surface area contributed by atoms with Gasteiger partial charge in [-0.25, -0.2) is 0 Å². The molecule has 0 aliphatic rings. The van der Waals surface area contributed by atoms with Gasteiger partial charge in [0.2, 0.25) is 0 Å². The number of aliphatic hydroxyl groups is 1. The van der Waals surface area contributed by atoms with Gasteiger partial charge in [0, 0.05) is 0 Å². The monoisotopic (exact) mass is 206 g/mol. The summed E-state index contributed by atoms with van der Waals surface area (Å²) in [7, 11) is 0. The van der Waals surface area contributed by atoms with E-state index in [0.29, 0.717) is 0 Å². The van der Waals surface area contributed by atoms with E-state index in [1.54, 1.807) is 13.0 Å². The summed E-state index contributed by atoms with van der Waals surface area (Å²) in [6, 6.07) is 5.70. The van der Waals surface area contributed by atoms with Crippen molar-refractivity contribution in [2.75, 3.05) is 0 Å². The van der Waals surface area contributed by atoms with Crippen molar-refractivity contribution >= 4 is 0 Å². The van der Waals surface area contributed by atoms with Crippen LogP contribution in [0.4, 0.5) is 0 Å². The average molecular weight is 206 g/mol. The number of benzene rings is 1. The van der Waals surface area contributed by atoms with Gasteiger partial charge in [-0.2, -0.15) is 0 Å². The Kier molecular flexibility index (Phi) is 3.92. The Morgan fingerprint density at radius 3 is 2.53 bits per heavy atom. The molecular weight excluding hydrogens is 188 g/mol. The van der Waals surface area contributed by atoms with Crippen LogP contribution in [0.5, 0.6) is 5.75 Å². The van der Waals surface area contributed by atoms with Gasteiger partial charge in [0.05, 0.1) is 6.10 Å². The highest BCUT2D eigenvalue weighted by Crippen LogP contribution is 2.23. The first-order valence-electron chi connectivity index (χ1n) is 5.12. The van der Waals surface area contributed by atoms with Crippen molar-refractivity contribution in [1.29, 1.82) is 0 Å². The highest BCUT2D eigenvalue weighted by atomic mass is 16.5. The SMILES string of the molecule is C=CC(C)Oc1ccc(C(C)O)cc1C. The van der Waals surface area contributed by atoms with Gasteiger partial charge in [-0.05, 0) is 44.0 Å². The van der Waals surface area contributed by atoms with E-state index < -0.39 is 6.10 Å². The molecule has 82 valence electrons. The molecule has 2 heteroatoms. The number of hydrogen-bond acceptors (Lipinski definition) is 2. The minimum Gasteiger partial charge on any atom is -0.486 e. The molecule has 15 heavy (non-hydrogen) atoms. The molecule has 0 amide bonds. The minimum absolute atomic E-state index is 0.00102. The Bertz CT molecular complexity index is 342. The van der Waals surface area contributed by atoms with Crippen LogP contribution in [-0.4, -0.2) is 11.2 Å². The highest BCUT2D eigenvalue weighted by molar-refractivity contribution is 5.37. The fraction of sp³-hybridized carbons (Fsp3) is 0.385. The lowest BCUT2D eigenvalue weighted by molar-refractivity contribution is 0.199. The van der Waals surface area contributed by atoms with Crippen LogP contribution in [0.25, 0.3) is 0 Å². The summed E-state index contributed by atoms with van der Waals surface area (Å²) in [5, 5.41) is 9.41. The fourth-order valence-corrected chi connectivity index (χ4v) is 1.31. The zero-order valence-corrected chi connectivity index (χ0v) is 9.53. The molecule has 1 aromatic carbocycles. The quantitative estimate of drug-likeness (QED) is 0.767. The molecule has 1 rings (SSSR count). The molecule has 0 aliphatic heterocycles. The predicted octanol–water partition coefficient (Wildman–Crippen LogP) is 3.00. The van der Waals surface area contributed by atoms with E-state index >= 15 is 0 Å². The molecule has 0 radical (unpaired) electrons. The molecule has 0 fully saturated rings. The summed E-state index contributed by atoms with van der Waals surface area (Å²) >= 11 is 0. The molecule has 0 saturated carbocycles. The van der Waals surface area contributed by atoms with Gasteiger partial charge in [-0.1, -0.05) is 18.7 Å². The van der Waals surface area contributed by atoms with Gasteiger partial charge >= 0.3 is 0 Å². The van der Waals surface area contributed by atoms with Crippen molar-refractivity contribution in [1.82, 2.24) is 0 Å². The molecule has 0 spiro atoms. The summed E-state index contributed by atoms with van der Waals surface area (Å²) in [5.74, 6) is 0.840. The van der Waals surface area contributed by atoms with Gasteiger partial charge in [-0.15, -0.1) is 0 Å². The molecule has 0 heterocycles. The highest BCUT2D eigenvalue weighted by Gasteiger charge is 2.06. The van der Waals surface area contributed by atoms with Crippen molar-refractivity contribution in [2.24, 2.45) is 0 Å². The van der Waals surface area contributed by atoms with Crippen LogP contribution in [0.15, 0.2) is 30.9 Å². The summed E-state index contributed by atoms with van der Waals surface area (Å²) in [5.41, 5.74) is 1.94. The maximum atomic E-state index is 9.41. The summed E-state index contributed by atoms with van der Waals surface area (Å²) in [6.45, 7) is 9.33. The van der Waals surface area contributed by atoms with Crippen LogP contribution in [0, 0.1) is 6.92 Å². The lowest BCUT2D eigenvalue weighted by Crippen LogP contribution is -2.08. The third-order valence-electron chi connectivity index (χ3n) is 2.33. The van der Waals surface area contributed by atoms with Gasteiger partial charge in [0.25, 0.3) is 0 Å². The maximum absolute atomic E-state index is 9.41. The molecule has 0 bridgehead atoms. The largest absolute Gasteiger partial charge is 0.486 e. The molecule has 0 aliphatic carbocycles. The Labute approximate surface area is 91.2 Å². The molecule has 2 nitrogen and oxygen atoms in total. The second kappa shape index (κ2) is 4.99. The zero-order valence-electron chi connectivity index (χ0n) is 9.53. The Hall–Kier alpha value is -1.28. The van der Waals surface area contributed by atoms with E-state index in [0.717, 1.165) is 16.9 Å². The van der Waals surface area contributed by atoms with E-state index in [-0.39, 0.29) is 6.10 Å². The summed E-state index contributed by atoms with van der Waals surface area (Å²) < 4.78 is 5.63. The molecule has 1 aromatic rings. The Balaban J connectivity index is 2.88. The predicted molar refractivity (Wildman–Crippen MR) is 62.1 cm³/mol. The lowest BCUT2D eigenvalue weighted by atomic mass is 10.1. The zero-order chi connectivity index (χ0) is 11.4. The van der Waals surface area contributed by atoms with Crippen molar-refractivity contribution in [3.63, 3.8) is 0 Å². The van der Waals surface area contributed by atoms with Crippen LogP contribution >= 0.6 is 0 Å². The second-order valence-corrected chi connectivity index (χ2v) is 3.76. The standard InChI is InChI=1S/C13H18O2/c1-5-10(3)15-13-7-6-12(11(4)14)8-9(13)2/h5-8,10-11,14H,1H2,2-4H3. The molecule has 1 N–H and O–H groups in total. The van der Waals surface area contributed by atoms with E-state index in [4.69, 9.17) is 4.74 Å². The average Bonchev–Trinajstić information content (AvgIpc) is 2.20. The molecule has 2 atom stereocenters. The van der Waals surface area contributed by atoms with Gasteiger partial charge in [-0.3, -0.25) is 0 Å². The smallest absolute Gasteiger partial charge is 0.123 e. The van der Waals surface area contributed by atoms with Crippen LogP contribution in [0.1, 0.15) is 31.1 Å². The first-order chi connectivity index (χ1) is 7.04. The minimum atomic E-state index is -0.436. The number of hydrogen-bond donors (Lipinski definition) is 1. The van der Waals surface area contributed by atoms with Gasteiger partial charge < -0.3 is 9.84 Å². The first kappa shape index (κ1) is 11.8. The summed E-state index contributed by atoms with van der Waals surface area (Å²) in [4.78, 5) is 0. The van der Waals surface area contributed by atoms with Crippen molar-refractivity contribution in [3.05, 3.63) is 42.0 Å². The van der Waals surface area contributed by atoms with Crippen molar-refractivity contribution in [3.8, 4) is 5.75 Å². The van der Waals surface area contributed by atoms with E-state index in [2.05, 4.69) is 6.58 Å². The van der Waals surface area contributed by atoms with Crippen LogP contribution in [0.2, 0.25) is 0 Å². The van der Waals surface area contributed by atoms with E-state index in [9.17, 15) is 5.11 Å². The second-order valence-electron chi connectivity index (χ2n) is 3.76. The first-order valence-corrected chi connectivity index (χ1v) is 5.12. The molecule has 0 aromatic heterocycles. The molecular formula is C13H18O2. The number of ether oxygens (including phenoxy) is 1. The summed E-state index contributed by atoms with van der Waals surface area (Å²) in [6.07, 6.45) is 1.32. The van der Waals surface area contributed by atoms with Crippen LogP contribution in [0.3, 0.4) is 0 Å². The Morgan fingerprint density at radius 2 is 2.07 bits per heavy atom. The van der Waals surface area contributed by atoms with Crippen molar-refractivity contribution in [2.45, 2.75) is 33.0 Å². The lowest BCUT2D eigenvalue weighted by Gasteiger charge is -2.14. The topological polar surface area (TPSA) is 29.5 Å². The normalized spacial score (nSPS) is 14.4. The molecule has 0 saturated heterocycles. The van der Waals surface area contributed by atoms with Gasteiger partial charge in [0.1, 0.15) is 11.9 Å². The van der Waals surface area contributed by atoms with E-state index in [1.807, 2.05) is 32.0 Å². The Morgan fingerprint density at radius 1 is 1.40 bits per heavy atom. The third-order valence-corrected chi connectivity index (χ3v) is 2.33. The maximum Gasteiger partial charge on any atom is 0.123 e. The van der Waals surface area contributed by atoms with Gasteiger partial charge in [0.15, 0.2) is 0 Å².